The molecule has 0 aromatic rings. The second-order valence-corrected chi connectivity index (χ2v) is 4.72. The van der Waals surface area contributed by atoms with Crippen LogP contribution in [-0.4, -0.2) is 31.0 Å². The van der Waals surface area contributed by atoms with E-state index in [1.54, 1.807) is 11.8 Å². The molecule has 3 N–H and O–H groups in total. The van der Waals surface area contributed by atoms with Crippen LogP contribution < -0.4 is 11.1 Å². The summed E-state index contributed by atoms with van der Waals surface area (Å²) in [6, 6.07) is 0. The summed E-state index contributed by atoms with van der Waals surface area (Å²) >= 11 is 1.75. The van der Waals surface area contributed by atoms with Crippen molar-refractivity contribution >= 4 is 17.7 Å². The summed E-state index contributed by atoms with van der Waals surface area (Å²) in [5.74, 6) is 1.78. The van der Waals surface area contributed by atoms with Gasteiger partial charge in [0.25, 0.3) is 0 Å². The molecule has 1 unspecified atom stereocenters. The Morgan fingerprint density at radius 3 is 2.73 bits per heavy atom. The largest absolute Gasteiger partial charge is 0.355 e. The van der Waals surface area contributed by atoms with E-state index in [1.165, 1.54) is 0 Å². The molecule has 1 amide bonds. The number of rotatable bonds is 9. The molecular formula is C11H24N2OS. The maximum atomic E-state index is 11.4. The van der Waals surface area contributed by atoms with Crippen LogP contribution in [0.25, 0.3) is 0 Å². The summed E-state index contributed by atoms with van der Waals surface area (Å²) in [5, 5.41) is 2.91. The molecule has 0 aromatic carbocycles. The molecule has 4 heteroatoms. The highest BCUT2D eigenvalue weighted by Crippen LogP contribution is 2.14. The number of carbonyl (C=O) groups excluding carboxylic acids is 1. The summed E-state index contributed by atoms with van der Waals surface area (Å²) < 4.78 is 0. The molecule has 0 aliphatic rings. The number of nitrogens with two attached hydrogens (primary N) is 1. The zero-order valence-corrected chi connectivity index (χ0v) is 10.7. The van der Waals surface area contributed by atoms with E-state index in [4.69, 9.17) is 5.73 Å². The molecule has 0 saturated heterocycles. The Morgan fingerprint density at radius 2 is 2.20 bits per heavy atom. The molecule has 0 aliphatic carbocycles. The number of amides is 1. The molecule has 0 bridgehead atoms. The van der Waals surface area contributed by atoms with E-state index < -0.39 is 0 Å². The van der Waals surface area contributed by atoms with Gasteiger partial charge < -0.3 is 11.1 Å². The van der Waals surface area contributed by atoms with Gasteiger partial charge in [-0.2, -0.15) is 11.8 Å². The molecule has 0 spiro atoms. The van der Waals surface area contributed by atoms with Crippen LogP contribution in [0.2, 0.25) is 0 Å². The fourth-order valence-corrected chi connectivity index (χ4v) is 1.81. The highest BCUT2D eigenvalue weighted by molar-refractivity contribution is 7.98. The lowest BCUT2D eigenvalue weighted by atomic mass is 9.96. The first kappa shape index (κ1) is 14.8. The lowest BCUT2D eigenvalue weighted by Gasteiger charge is -2.12. The van der Waals surface area contributed by atoms with Gasteiger partial charge in [-0.3, -0.25) is 4.79 Å². The van der Waals surface area contributed by atoms with Gasteiger partial charge in [0.05, 0.1) is 0 Å². The van der Waals surface area contributed by atoms with Gasteiger partial charge in [-0.15, -0.1) is 0 Å². The van der Waals surface area contributed by atoms with E-state index in [0.717, 1.165) is 38.1 Å². The molecular weight excluding hydrogens is 208 g/mol. The Labute approximate surface area is 97.6 Å². The number of hydrogen-bond acceptors (Lipinski definition) is 3. The summed E-state index contributed by atoms with van der Waals surface area (Å²) in [5.41, 5.74) is 5.51. The van der Waals surface area contributed by atoms with Gasteiger partial charge in [-0.1, -0.05) is 13.3 Å². The van der Waals surface area contributed by atoms with Gasteiger partial charge in [0, 0.05) is 18.7 Å². The number of thioether (sulfide) groups is 1. The van der Waals surface area contributed by atoms with Gasteiger partial charge in [-0.25, -0.2) is 0 Å². The van der Waals surface area contributed by atoms with Crippen molar-refractivity contribution < 1.29 is 4.79 Å². The van der Waals surface area contributed by atoms with Crippen LogP contribution in [0, 0.1) is 5.92 Å². The molecule has 0 heterocycles. The van der Waals surface area contributed by atoms with Gasteiger partial charge in [0.1, 0.15) is 0 Å². The second kappa shape index (κ2) is 10.3. The average Bonchev–Trinajstić information content (AvgIpc) is 2.24. The molecule has 0 aromatic heterocycles. The summed E-state index contributed by atoms with van der Waals surface area (Å²) in [4.78, 5) is 11.4. The summed E-state index contributed by atoms with van der Waals surface area (Å²) in [7, 11) is 0. The molecule has 0 rings (SSSR count). The molecule has 3 nitrogen and oxygen atoms in total. The molecule has 90 valence electrons. The third kappa shape index (κ3) is 8.75. The zero-order chi connectivity index (χ0) is 11.5. The quantitative estimate of drug-likeness (QED) is 0.594. The van der Waals surface area contributed by atoms with Gasteiger partial charge in [0.2, 0.25) is 5.91 Å². The predicted molar refractivity (Wildman–Crippen MR) is 68.1 cm³/mol. The van der Waals surface area contributed by atoms with Crippen molar-refractivity contribution in [2.24, 2.45) is 11.7 Å². The zero-order valence-electron chi connectivity index (χ0n) is 9.92. The fraction of sp³-hybridized carbons (Fsp3) is 0.909. The maximum absolute atomic E-state index is 11.4. The van der Waals surface area contributed by atoms with Crippen molar-refractivity contribution in [3.8, 4) is 0 Å². The molecule has 0 radical (unpaired) electrons. The minimum Gasteiger partial charge on any atom is -0.355 e. The Morgan fingerprint density at radius 1 is 1.47 bits per heavy atom. The average molecular weight is 232 g/mol. The lowest BCUT2D eigenvalue weighted by Crippen LogP contribution is -2.26. The first-order valence-corrected chi connectivity index (χ1v) is 7.09. The van der Waals surface area contributed by atoms with Gasteiger partial charge in [-0.05, 0) is 31.6 Å². The summed E-state index contributed by atoms with van der Waals surface area (Å²) in [6.45, 7) is 3.67. The highest BCUT2D eigenvalue weighted by Gasteiger charge is 2.08. The van der Waals surface area contributed by atoms with Crippen LogP contribution >= 0.6 is 11.8 Å². The van der Waals surface area contributed by atoms with Crippen LogP contribution in [0.1, 0.15) is 32.6 Å². The van der Waals surface area contributed by atoms with Crippen molar-refractivity contribution in [1.29, 1.82) is 0 Å². The maximum Gasteiger partial charge on any atom is 0.220 e. The van der Waals surface area contributed by atoms with Crippen molar-refractivity contribution in [2.75, 3.05) is 25.1 Å². The molecule has 1 atom stereocenters. The Kier molecular flexibility index (Phi) is 10.2. The SMILES string of the molecule is CCC(CCN)CCC(=O)NCCSC. The van der Waals surface area contributed by atoms with Gasteiger partial charge >= 0.3 is 0 Å². The van der Waals surface area contributed by atoms with Crippen molar-refractivity contribution in [1.82, 2.24) is 5.32 Å². The number of hydrogen-bond donors (Lipinski definition) is 2. The molecule has 0 aliphatic heterocycles. The van der Waals surface area contributed by atoms with Crippen molar-refractivity contribution in [3.05, 3.63) is 0 Å². The Hall–Kier alpha value is -0.220. The fourth-order valence-electron chi connectivity index (χ4n) is 1.50. The van der Waals surface area contributed by atoms with Crippen LogP contribution in [0.15, 0.2) is 0 Å². The normalized spacial score (nSPS) is 12.5. The lowest BCUT2D eigenvalue weighted by molar-refractivity contribution is -0.121. The van der Waals surface area contributed by atoms with E-state index in [2.05, 4.69) is 12.2 Å². The van der Waals surface area contributed by atoms with E-state index in [1.807, 2.05) is 6.26 Å². The van der Waals surface area contributed by atoms with Crippen LogP contribution in [0.5, 0.6) is 0 Å². The second-order valence-electron chi connectivity index (χ2n) is 3.73. The smallest absolute Gasteiger partial charge is 0.220 e. The van der Waals surface area contributed by atoms with E-state index in [9.17, 15) is 4.79 Å². The molecule has 15 heavy (non-hydrogen) atoms. The van der Waals surface area contributed by atoms with Crippen molar-refractivity contribution in [3.63, 3.8) is 0 Å². The topological polar surface area (TPSA) is 55.1 Å². The minimum absolute atomic E-state index is 0.180. The highest BCUT2D eigenvalue weighted by atomic mass is 32.2. The third-order valence-electron chi connectivity index (χ3n) is 2.56. The van der Waals surface area contributed by atoms with E-state index in [-0.39, 0.29) is 5.91 Å². The van der Waals surface area contributed by atoms with Crippen molar-refractivity contribution in [2.45, 2.75) is 32.6 Å². The number of nitrogens with one attached hydrogen (secondary N) is 1. The first-order chi connectivity index (χ1) is 7.24. The van der Waals surface area contributed by atoms with E-state index in [0.29, 0.717) is 12.3 Å². The van der Waals surface area contributed by atoms with Crippen LogP contribution in [0.3, 0.4) is 0 Å². The van der Waals surface area contributed by atoms with Gasteiger partial charge in [0.15, 0.2) is 0 Å². The first-order valence-electron chi connectivity index (χ1n) is 5.70. The Balaban J connectivity index is 3.50. The van der Waals surface area contributed by atoms with Crippen LogP contribution in [0.4, 0.5) is 0 Å². The predicted octanol–water partition coefficient (Wildman–Crippen LogP) is 1.62. The van der Waals surface area contributed by atoms with E-state index >= 15 is 0 Å². The molecule has 0 saturated carbocycles. The number of carbonyl (C=O) groups is 1. The van der Waals surface area contributed by atoms with Crippen LogP contribution in [-0.2, 0) is 4.79 Å². The summed E-state index contributed by atoms with van der Waals surface area (Å²) in [6.07, 6.45) is 5.82. The molecule has 0 fully saturated rings. The third-order valence-corrected chi connectivity index (χ3v) is 3.17. The minimum atomic E-state index is 0.180. The monoisotopic (exact) mass is 232 g/mol. The Bertz CT molecular complexity index is 165. The standard InChI is InChI=1S/C11H24N2OS/c1-3-10(6-7-12)4-5-11(14)13-8-9-15-2/h10H,3-9,12H2,1-2H3,(H,13,14).